The molecule has 0 bridgehead atoms. The van der Waals surface area contributed by atoms with Crippen molar-refractivity contribution < 1.29 is 14.3 Å². The summed E-state index contributed by atoms with van der Waals surface area (Å²) in [7, 11) is 0. The van der Waals surface area contributed by atoms with E-state index in [-0.39, 0.29) is 23.3 Å². The number of ether oxygens (including phenoxy) is 2. The molecule has 3 rings (SSSR count). The minimum atomic E-state index is -0.125. The lowest BCUT2D eigenvalue weighted by Crippen LogP contribution is -2.55. The van der Waals surface area contributed by atoms with Crippen LogP contribution in [0.3, 0.4) is 0 Å². The van der Waals surface area contributed by atoms with Gasteiger partial charge in [-0.1, -0.05) is 13.8 Å². The molecule has 2 unspecified atom stereocenters. The molecule has 1 amide bonds. The molecule has 2 aliphatic rings. The fourth-order valence-electron chi connectivity index (χ4n) is 3.61. The van der Waals surface area contributed by atoms with Crippen LogP contribution in [0.2, 0.25) is 0 Å². The van der Waals surface area contributed by atoms with E-state index in [2.05, 4.69) is 13.8 Å². The van der Waals surface area contributed by atoms with Crippen molar-refractivity contribution in [2.45, 2.75) is 39.7 Å². The first-order valence-electron chi connectivity index (χ1n) is 8.83. The normalized spacial score (nSPS) is 25.6. The smallest absolute Gasteiger partial charge is 0.229 e. The fourth-order valence-corrected chi connectivity index (χ4v) is 3.61. The summed E-state index contributed by atoms with van der Waals surface area (Å²) in [5.41, 5.74) is 7.20. The van der Waals surface area contributed by atoms with Crippen molar-refractivity contribution >= 4 is 5.91 Å². The Labute approximate surface area is 144 Å². The number of amides is 1. The van der Waals surface area contributed by atoms with Crippen molar-refractivity contribution in [3.63, 3.8) is 0 Å². The topological polar surface area (TPSA) is 64.8 Å². The molecule has 2 atom stereocenters. The van der Waals surface area contributed by atoms with Crippen molar-refractivity contribution in [2.24, 2.45) is 17.1 Å². The molecule has 0 aliphatic carbocycles. The molecule has 0 spiro atoms. The Hall–Kier alpha value is -1.75. The molecule has 1 aromatic carbocycles. The number of piperidine rings is 1. The number of nitrogens with zero attached hydrogens (tertiary/aromatic N) is 1. The number of nitrogens with two attached hydrogens (primary N) is 1. The highest BCUT2D eigenvalue weighted by atomic mass is 16.5. The number of fused-ring (bicyclic) bond motifs is 1. The van der Waals surface area contributed by atoms with Gasteiger partial charge in [0.1, 0.15) is 18.1 Å². The Morgan fingerprint density at radius 3 is 2.96 bits per heavy atom. The highest BCUT2D eigenvalue weighted by molar-refractivity contribution is 5.80. The molecule has 2 N–H and O–H groups in total. The summed E-state index contributed by atoms with van der Waals surface area (Å²) in [6.07, 6.45) is 1.56. The summed E-state index contributed by atoms with van der Waals surface area (Å²) in [6, 6.07) is 6.00. The number of likely N-dealkylation sites (tertiary alicyclic amines) is 1. The van der Waals surface area contributed by atoms with E-state index in [4.69, 9.17) is 15.2 Å². The SMILES string of the molecule is CCOc1ccc2c(c1)CC(C(=O)N1CCC(N)C(C)(C)C1)CO2. The largest absolute Gasteiger partial charge is 0.494 e. The van der Waals surface area contributed by atoms with Gasteiger partial charge in [-0.3, -0.25) is 4.79 Å². The maximum atomic E-state index is 12.9. The van der Waals surface area contributed by atoms with Gasteiger partial charge in [0.2, 0.25) is 5.91 Å². The number of carbonyl (C=O) groups excluding carboxylic acids is 1. The van der Waals surface area contributed by atoms with Crippen LogP contribution in [-0.2, 0) is 11.2 Å². The zero-order chi connectivity index (χ0) is 17.3. The molecular formula is C19H28N2O3. The second kappa shape index (κ2) is 6.63. The third kappa shape index (κ3) is 3.36. The van der Waals surface area contributed by atoms with Crippen molar-refractivity contribution in [3.8, 4) is 11.5 Å². The van der Waals surface area contributed by atoms with Crippen LogP contribution in [0, 0.1) is 11.3 Å². The highest BCUT2D eigenvalue weighted by Crippen LogP contribution is 2.33. The first kappa shape index (κ1) is 17.1. The molecule has 0 radical (unpaired) electrons. The molecule has 1 fully saturated rings. The van der Waals surface area contributed by atoms with Crippen LogP contribution < -0.4 is 15.2 Å². The molecule has 0 aromatic heterocycles. The zero-order valence-electron chi connectivity index (χ0n) is 14.9. The molecule has 0 saturated carbocycles. The van der Waals surface area contributed by atoms with Gasteiger partial charge in [0, 0.05) is 19.1 Å². The lowest BCUT2D eigenvalue weighted by atomic mass is 9.79. The summed E-state index contributed by atoms with van der Waals surface area (Å²) < 4.78 is 11.4. The van der Waals surface area contributed by atoms with Crippen LogP contribution in [0.1, 0.15) is 32.8 Å². The minimum Gasteiger partial charge on any atom is -0.494 e. The van der Waals surface area contributed by atoms with E-state index in [1.165, 1.54) is 0 Å². The lowest BCUT2D eigenvalue weighted by molar-refractivity contribution is -0.140. The van der Waals surface area contributed by atoms with E-state index in [9.17, 15) is 4.79 Å². The monoisotopic (exact) mass is 332 g/mol. The zero-order valence-corrected chi connectivity index (χ0v) is 14.9. The maximum absolute atomic E-state index is 12.9. The van der Waals surface area contributed by atoms with E-state index in [0.717, 1.165) is 36.6 Å². The Bertz CT molecular complexity index is 615. The van der Waals surface area contributed by atoms with E-state index < -0.39 is 0 Å². The van der Waals surface area contributed by atoms with Gasteiger partial charge in [-0.15, -0.1) is 0 Å². The number of hydrogen-bond donors (Lipinski definition) is 1. The predicted molar refractivity (Wildman–Crippen MR) is 93.3 cm³/mol. The summed E-state index contributed by atoms with van der Waals surface area (Å²) in [5.74, 6) is 1.75. The number of carbonyl (C=O) groups is 1. The van der Waals surface area contributed by atoms with Gasteiger partial charge in [-0.2, -0.15) is 0 Å². The van der Waals surface area contributed by atoms with Crippen LogP contribution in [-0.4, -0.2) is 43.2 Å². The van der Waals surface area contributed by atoms with Crippen LogP contribution >= 0.6 is 0 Å². The number of benzene rings is 1. The van der Waals surface area contributed by atoms with E-state index in [1.54, 1.807) is 0 Å². The average Bonchev–Trinajstić information content (AvgIpc) is 2.56. The molecule has 5 nitrogen and oxygen atoms in total. The van der Waals surface area contributed by atoms with Gasteiger partial charge >= 0.3 is 0 Å². The molecule has 132 valence electrons. The second-order valence-electron chi connectivity index (χ2n) is 7.56. The molecule has 5 heteroatoms. The molecule has 24 heavy (non-hydrogen) atoms. The van der Waals surface area contributed by atoms with Crippen molar-refractivity contribution in [2.75, 3.05) is 26.3 Å². The van der Waals surface area contributed by atoms with Gasteiger partial charge in [-0.05, 0) is 48.9 Å². The first-order valence-corrected chi connectivity index (χ1v) is 8.83. The number of hydrogen-bond acceptors (Lipinski definition) is 4. The van der Waals surface area contributed by atoms with Gasteiger partial charge in [0.15, 0.2) is 0 Å². The first-order chi connectivity index (χ1) is 11.4. The van der Waals surface area contributed by atoms with Gasteiger partial charge in [0.25, 0.3) is 0 Å². The molecule has 1 aromatic rings. The van der Waals surface area contributed by atoms with Crippen molar-refractivity contribution in [1.29, 1.82) is 0 Å². The third-order valence-electron chi connectivity index (χ3n) is 5.22. The molecule has 2 heterocycles. The Morgan fingerprint density at radius 1 is 1.46 bits per heavy atom. The number of rotatable bonds is 3. The molecule has 1 saturated heterocycles. The summed E-state index contributed by atoms with van der Waals surface area (Å²) >= 11 is 0. The van der Waals surface area contributed by atoms with Gasteiger partial charge in [-0.25, -0.2) is 0 Å². The summed E-state index contributed by atoms with van der Waals surface area (Å²) in [5, 5.41) is 0. The van der Waals surface area contributed by atoms with Crippen LogP contribution in [0.15, 0.2) is 18.2 Å². The van der Waals surface area contributed by atoms with Gasteiger partial charge < -0.3 is 20.1 Å². The predicted octanol–water partition coefficient (Wildman–Crippen LogP) is 2.22. The Morgan fingerprint density at radius 2 is 2.25 bits per heavy atom. The minimum absolute atomic E-state index is 0.0382. The van der Waals surface area contributed by atoms with Crippen LogP contribution in [0.5, 0.6) is 11.5 Å². The Balaban J connectivity index is 1.70. The van der Waals surface area contributed by atoms with Crippen molar-refractivity contribution in [3.05, 3.63) is 23.8 Å². The van der Waals surface area contributed by atoms with Crippen LogP contribution in [0.4, 0.5) is 0 Å². The van der Waals surface area contributed by atoms with E-state index >= 15 is 0 Å². The average molecular weight is 332 g/mol. The molecular weight excluding hydrogens is 304 g/mol. The van der Waals surface area contributed by atoms with E-state index in [0.29, 0.717) is 19.6 Å². The maximum Gasteiger partial charge on any atom is 0.229 e. The fraction of sp³-hybridized carbons (Fsp3) is 0.632. The summed E-state index contributed by atoms with van der Waals surface area (Å²) in [4.78, 5) is 14.9. The van der Waals surface area contributed by atoms with Gasteiger partial charge in [0.05, 0.1) is 12.5 Å². The quantitative estimate of drug-likeness (QED) is 0.922. The Kier molecular flexibility index (Phi) is 4.72. The second-order valence-corrected chi connectivity index (χ2v) is 7.56. The summed E-state index contributed by atoms with van der Waals surface area (Å²) in [6.45, 7) is 8.77. The van der Waals surface area contributed by atoms with Crippen molar-refractivity contribution in [1.82, 2.24) is 4.90 Å². The standard InChI is InChI=1S/C19H28N2O3/c1-4-23-15-5-6-16-13(10-15)9-14(11-24-16)18(22)21-8-7-17(20)19(2,3)12-21/h5-6,10,14,17H,4,7-9,11-12,20H2,1-3H3. The van der Waals surface area contributed by atoms with Crippen LogP contribution in [0.25, 0.3) is 0 Å². The highest BCUT2D eigenvalue weighted by Gasteiger charge is 2.38. The van der Waals surface area contributed by atoms with E-state index in [1.807, 2.05) is 30.0 Å². The third-order valence-corrected chi connectivity index (χ3v) is 5.22. The molecule has 2 aliphatic heterocycles. The lowest BCUT2D eigenvalue weighted by Gasteiger charge is -2.44.